The minimum absolute atomic E-state index is 0.0545. The highest BCUT2D eigenvalue weighted by molar-refractivity contribution is 6.42. The molecule has 126 valence electrons. The van der Waals surface area contributed by atoms with E-state index in [1.54, 1.807) is 12.1 Å². The van der Waals surface area contributed by atoms with Crippen LogP contribution < -0.4 is 11.1 Å². The second kappa shape index (κ2) is 7.99. The lowest BCUT2D eigenvalue weighted by Gasteiger charge is -2.30. The van der Waals surface area contributed by atoms with E-state index in [1.807, 2.05) is 17.9 Å². The molecule has 0 saturated carbocycles. The van der Waals surface area contributed by atoms with Crippen LogP contribution in [0.1, 0.15) is 31.4 Å². The van der Waals surface area contributed by atoms with Crippen molar-refractivity contribution in [3.05, 3.63) is 33.8 Å². The number of piperidine rings is 1. The number of nitrogens with one attached hydrogen (secondary N) is 1. The number of likely N-dealkylation sites (tertiary alicyclic amines) is 1. The van der Waals surface area contributed by atoms with Crippen molar-refractivity contribution in [3.63, 3.8) is 0 Å². The number of rotatable bonds is 5. The molecule has 1 aromatic carbocycles. The van der Waals surface area contributed by atoms with Gasteiger partial charge in [-0.3, -0.25) is 14.5 Å². The van der Waals surface area contributed by atoms with Gasteiger partial charge in [-0.05, 0) is 50.6 Å². The summed E-state index contributed by atoms with van der Waals surface area (Å²) < 4.78 is 0. The highest BCUT2D eigenvalue weighted by Gasteiger charge is 2.24. The first-order chi connectivity index (χ1) is 10.9. The van der Waals surface area contributed by atoms with E-state index in [0.29, 0.717) is 42.5 Å². The largest absolute Gasteiger partial charge is 0.369 e. The van der Waals surface area contributed by atoms with Crippen molar-refractivity contribution in [2.45, 2.75) is 25.8 Å². The number of carbonyl (C=O) groups excluding carboxylic acids is 2. The molecule has 1 atom stereocenters. The van der Waals surface area contributed by atoms with Gasteiger partial charge >= 0.3 is 0 Å². The second-order valence-electron chi connectivity index (χ2n) is 5.92. The summed E-state index contributed by atoms with van der Waals surface area (Å²) >= 11 is 11.9. The van der Waals surface area contributed by atoms with Gasteiger partial charge in [-0.25, -0.2) is 0 Å². The lowest BCUT2D eigenvalue weighted by molar-refractivity contribution is -0.124. The third-order valence-electron chi connectivity index (χ3n) is 4.18. The Morgan fingerprint density at radius 1 is 1.30 bits per heavy atom. The number of halogens is 2. The lowest BCUT2D eigenvalue weighted by atomic mass is 9.96. The summed E-state index contributed by atoms with van der Waals surface area (Å²) in [6, 6.07) is 5.17. The lowest BCUT2D eigenvalue weighted by Crippen LogP contribution is -2.44. The minimum atomic E-state index is -0.248. The molecule has 7 heteroatoms. The van der Waals surface area contributed by atoms with E-state index in [4.69, 9.17) is 28.9 Å². The molecule has 1 aliphatic rings. The average Bonchev–Trinajstić information content (AvgIpc) is 2.50. The van der Waals surface area contributed by atoms with Crippen molar-refractivity contribution in [1.29, 1.82) is 0 Å². The van der Waals surface area contributed by atoms with Crippen molar-refractivity contribution in [1.82, 2.24) is 10.2 Å². The maximum atomic E-state index is 12.2. The molecule has 3 N–H and O–H groups in total. The molecular formula is C16H21Cl2N3O2. The molecule has 0 spiro atoms. The molecule has 0 aromatic heterocycles. The quantitative estimate of drug-likeness (QED) is 0.849. The van der Waals surface area contributed by atoms with Gasteiger partial charge < -0.3 is 11.1 Å². The summed E-state index contributed by atoms with van der Waals surface area (Å²) in [5.74, 6) is -0.368. The van der Waals surface area contributed by atoms with E-state index in [-0.39, 0.29) is 23.8 Å². The average molecular weight is 358 g/mol. The topological polar surface area (TPSA) is 75.4 Å². The number of primary amides is 1. The highest BCUT2D eigenvalue weighted by Crippen LogP contribution is 2.25. The van der Waals surface area contributed by atoms with Crippen LogP contribution in [0.4, 0.5) is 0 Å². The van der Waals surface area contributed by atoms with Crippen molar-refractivity contribution in [3.8, 4) is 0 Å². The Morgan fingerprint density at radius 2 is 1.96 bits per heavy atom. The molecule has 5 nitrogen and oxygen atoms in total. The molecule has 2 amide bonds. The fourth-order valence-electron chi connectivity index (χ4n) is 2.73. The maximum Gasteiger partial charge on any atom is 0.234 e. The third kappa shape index (κ3) is 5.09. The summed E-state index contributed by atoms with van der Waals surface area (Å²) in [5.41, 5.74) is 6.21. The number of hydrogen-bond acceptors (Lipinski definition) is 3. The van der Waals surface area contributed by atoms with Crippen LogP contribution in [0.15, 0.2) is 18.2 Å². The fraction of sp³-hybridized carbons (Fsp3) is 0.500. The smallest absolute Gasteiger partial charge is 0.234 e. The summed E-state index contributed by atoms with van der Waals surface area (Å²) in [7, 11) is 0. The first kappa shape index (κ1) is 18.0. The molecule has 1 saturated heterocycles. The Kier molecular flexibility index (Phi) is 6.27. The Balaban J connectivity index is 1.82. The van der Waals surface area contributed by atoms with Gasteiger partial charge in [0.05, 0.1) is 22.6 Å². The van der Waals surface area contributed by atoms with Gasteiger partial charge in [0.25, 0.3) is 0 Å². The molecule has 0 unspecified atom stereocenters. The van der Waals surface area contributed by atoms with Gasteiger partial charge in [0.15, 0.2) is 0 Å². The highest BCUT2D eigenvalue weighted by atomic mass is 35.5. The van der Waals surface area contributed by atoms with E-state index in [1.165, 1.54) is 0 Å². The number of hydrogen-bond donors (Lipinski definition) is 2. The normalized spacial score (nSPS) is 17.7. The second-order valence-corrected chi connectivity index (χ2v) is 6.73. The monoisotopic (exact) mass is 357 g/mol. The van der Waals surface area contributed by atoms with Crippen LogP contribution in [-0.4, -0.2) is 36.3 Å². The maximum absolute atomic E-state index is 12.2. The zero-order chi connectivity index (χ0) is 17.0. The van der Waals surface area contributed by atoms with E-state index in [0.717, 1.165) is 5.56 Å². The SMILES string of the molecule is C[C@@H](NC(=O)CN1CCC(C(N)=O)CC1)c1ccc(Cl)c(Cl)c1. The van der Waals surface area contributed by atoms with Crippen LogP contribution >= 0.6 is 23.2 Å². The zero-order valence-corrected chi connectivity index (χ0v) is 14.5. The standard InChI is InChI=1S/C16H21Cl2N3O2/c1-10(12-2-3-13(17)14(18)8-12)20-15(22)9-21-6-4-11(5-7-21)16(19)23/h2-3,8,10-11H,4-7,9H2,1H3,(H2,19,23)(H,20,22)/t10-/m1/s1. The minimum Gasteiger partial charge on any atom is -0.369 e. The molecule has 1 heterocycles. The van der Waals surface area contributed by atoms with Crippen LogP contribution in [0.25, 0.3) is 0 Å². The van der Waals surface area contributed by atoms with E-state index < -0.39 is 0 Å². The third-order valence-corrected chi connectivity index (χ3v) is 4.92. The molecular weight excluding hydrogens is 337 g/mol. The predicted molar refractivity (Wildman–Crippen MR) is 91.4 cm³/mol. The Morgan fingerprint density at radius 3 is 2.52 bits per heavy atom. The first-order valence-corrected chi connectivity index (χ1v) is 8.38. The molecule has 0 radical (unpaired) electrons. The van der Waals surface area contributed by atoms with Crippen molar-refractivity contribution in [2.75, 3.05) is 19.6 Å². The zero-order valence-electron chi connectivity index (χ0n) is 13.0. The van der Waals surface area contributed by atoms with E-state index >= 15 is 0 Å². The van der Waals surface area contributed by atoms with Crippen LogP contribution in [-0.2, 0) is 9.59 Å². The molecule has 0 aliphatic carbocycles. The number of amides is 2. The van der Waals surface area contributed by atoms with Gasteiger partial charge in [-0.2, -0.15) is 0 Å². The molecule has 1 aromatic rings. The van der Waals surface area contributed by atoms with Gasteiger partial charge in [0.1, 0.15) is 0 Å². The Hall–Kier alpha value is -1.30. The number of nitrogens with two attached hydrogens (primary N) is 1. The molecule has 1 aliphatic heterocycles. The van der Waals surface area contributed by atoms with Crippen molar-refractivity contribution < 1.29 is 9.59 Å². The summed E-state index contributed by atoms with van der Waals surface area (Å²) in [4.78, 5) is 25.3. The van der Waals surface area contributed by atoms with Gasteiger partial charge in [0, 0.05) is 5.92 Å². The van der Waals surface area contributed by atoms with Crippen molar-refractivity contribution >= 4 is 35.0 Å². The van der Waals surface area contributed by atoms with Crippen LogP contribution in [0.5, 0.6) is 0 Å². The molecule has 23 heavy (non-hydrogen) atoms. The van der Waals surface area contributed by atoms with Gasteiger partial charge in [-0.1, -0.05) is 29.3 Å². The Labute approximate surface area is 146 Å². The summed E-state index contributed by atoms with van der Waals surface area (Å²) in [6.45, 7) is 3.64. The number of carbonyl (C=O) groups is 2. The number of benzene rings is 1. The van der Waals surface area contributed by atoms with Crippen LogP contribution in [0, 0.1) is 5.92 Å². The molecule has 2 rings (SSSR count). The Bertz CT molecular complexity index is 587. The summed E-state index contributed by atoms with van der Waals surface area (Å²) in [5, 5.41) is 3.91. The summed E-state index contributed by atoms with van der Waals surface area (Å²) in [6.07, 6.45) is 1.43. The van der Waals surface area contributed by atoms with Crippen molar-refractivity contribution in [2.24, 2.45) is 11.7 Å². The van der Waals surface area contributed by atoms with Gasteiger partial charge in [0.2, 0.25) is 11.8 Å². The predicted octanol–water partition coefficient (Wildman–Crippen LogP) is 2.37. The van der Waals surface area contributed by atoms with Gasteiger partial charge in [-0.15, -0.1) is 0 Å². The first-order valence-electron chi connectivity index (χ1n) is 7.63. The van der Waals surface area contributed by atoms with Crippen LogP contribution in [0.3, 0.4) is 0 Å². The fourth-order valence-corrected chi connectivity index (χ4v) is 3.04. The van der Waals surface area contributed by atoms with E-state index in [2.05, 4.69) is 5.32 Å². The van der Waals surface area contributed by atoms with Crippen LogP contribution in [0.2, 0.25) is 10.0 Å². The number of nitrogens with zero attached hydrogens (tertiary/aromatic N) is 1. The molecule has 0 bridgehead atoms. The molecule has 1 fully saturated rings. The van der Waals surface area contributed by atoms with E-state index in [9.17, 15) is 9.59 Å².